The van der Waals surface area contributed by atoms with E-state index in [1.54, 1.807) is 0 Å². The van der Waals surface area contributed by atoms with Gasteiger partial charge in [0.05, 0.1) is 11.4 Å². The van der Waals surface area contributed by atoms with Crippen LogP contribution in [0, 0.1) is 5.92 Å². The van der Waals surface area contributed by atoms with Crippen LogP contribution < -0.4 is 13.8 Å². The maximum atomic E-state index is 13.9. The van der Waals surface area contributed by atoms with Gasteiger partial charge in [0.25, 0.3) is 0 Å². The highest BCUT2D eigenvalue weighted by atomic mass is 35.5. The number of allylic oxidation sites excluding steroid dienone is 1. The van der Waals surface area contributed by atoms with E-state index in [1.807, 2.05) is 47.1 Å². The normalized spacial score (nSPS) is 26.8. The predicted octanol–water partition coefficient (Wildman–Crippen LogP) is 4.54. The monoisotopic (exact) mass is 517 g/mol. The molecule has 0 bridgehead atoms. The van der Waals surface area contributed by atoms with E-state index in [2.05, 4.69) is 44.9 Å². The molecule has 1 aliphatic carbocycles. The Hall–Kier alpha value is -2.27. The molecule has 0 saturated heterocycles. The summed E-state index contributed by atoms with van der Waals surface area (Å²) in [6, 6.07) is 16.0. The first-order valence-electron chi connectivity index (χ1n) is 12.6. The van der Waals surface area contributed by atoms with Crippen molar-refractivity contribution in [1.82, 2.24) is 9.78 Å². The zero-order valence-electron chi connectivity index (χ0n) is 20.9. The largest absolute Gasteiger partial charge is 0.851 e. The summed E-state index contributed by atoms with van der Waals surface area (Å²) in [5.41, 5.74) is 5.98. The maximum Gasteiger partial charge on any atom is 0.775 e. The lowest BCUT2D eigenvalue weighted by atomic mass is 9.64. The fourth-order valence-corrected chi connectivity index (χ4v) is 7.13. The molecule has 1 aromatic heterocycles. The molecule has 3 aromatic rings. The first-order valence-corrected chi connectivity index (χ1v) is 13.9. The molecule has 1 radical (unpaired) electrons. The summed E-state index contributed by atoms with van der Waals surface area (Å²) in [7, 11) is 2.06. The summed E-state index contributed by atoms with van der Waals surface area (Å²) in [4.78, 5) is 2.19. The molecule has 3 aliphatic rings. The number of para-hydroxylation sites is 1. The highest BCUT2D eigenvalue weighted by Gasteiger charge is 2.51. The van der Waals surface area contributed by atoms with Crippen LogP contribution in [0.5, 0.6) is 5.88 Å². The minimum absolute atomic E-state index is 0.211. The van der Waals surface area contributed by atoms with Crippen molar-refractivity contribution in [3.8, 4) is 11.6 Å². The van der Waals surface area contributed by atoms with Crippen LogP contribution in [0.1, 0.15) is 49.9 Å². The molecule has 0 amide bonds. The minimum atomic E-state index is -0.831. The molecule has 36 heavy (non-hydrogen) atoms. The molecule has 4 unspecified atom stereocenters. The van der Waals surface area contributed by atoms with E-state index in [9.17, 15) is 5.11 Å². The Balaban J connectivity index is 1.38. The van der Waals surface area contributed by atoms with E-state index in [1.165, 1.54) is 5.56 Å². The summed E-state index contributed by atoms with van der Waals surface area (Å²) in [6.07, 6.45) is 2.85. The van der Waals surface area contributed by atoms with Gasteiger partial charge in [-0.25, -0.2) is 4.68 Å². The fourth-order valence-electron chi connectivity index (χ4n) is 6.10. The summed E-state index contributed by atoms with van der Waals surface area (Å²) in [6.45, 7) is 6.52. The third-order valence-corrected chi connectivity index (χ3v) is 8.94. The number of hydrogen-bond donors (Lipinski definition) is 0. The Bertz CT molecular complexity index is 1340. The molecule has 8 heteroatoms. The van der Waals surface area contributed by atoms with E-state index in [-0.39, 0.29) is 23.4 Å². The van der Waals surface area contributed by atoms with Crippen molar-refractivity contribution in [3.05, 3.63) is 82.1 Å². The van der Waals surface area contributed by atoms with E-state index in [0.717, 1.165) is 46.2 Å². The number of likely N-dealkylation sites (N-methyl/N-ethyl adjacent to an activating group) is 1. The third-order valence-electron chi connectivity index (χ3n) is 7.96. The second kappa shape index (κ2) is 8.94. The fraction of sp³-hybridized carbons (Fsp3) is 0.393. The Labute approximate surface area is 223 Å². The predicted molar refractivity (Wildman–Crippen MR) is 140 cm³/mol. The van der Waals surface area contributed by atoms with Gasteiger partial charge in [0, 0.05) is 46.5 Å². The first kappa shape index (κ1) is 24.1. The van der Waals surface area contributed by atoms with Gasteiger partial charge in [-0.15, -0.1) is 6.10 Å². The number of nitrogens with zero attached hydrogens (tertiary/aromatic N) is 3. The van der Waals surface area contributed by atoms with Crippen LogP contribution in [0.25, 0.3) is 5.69 Å². The Morgan fingerprint density at radius 2 is 1.97 bits per heavy atom. The Morgan fingerprint density at radius 1 is 1.19 bits per heavy atom. The summed E-state index contributed by atoms with van der Waals surface area (Å²) in [5, 5.41) is 19.5. The Morgan fingerprint density at radius 3 is 2.72 bits per heavy atom. The average Bonchev–Trinajstić information content (AvgIpc) is 3.21. The number of anilines is 1. The van der Waals surface area contributed by atoms with Crippen LogP contribution in [0.2, 0.25) is 5.02 Å². The number of benzene rings is 2. The van der Waals surface area contributed by atoms with Crippen LogP contribution >= 0.6 is 11.6 Å². The zero-order valence-corrected chi connectivity index (χ0v) is 22.9. The molecule has 1 fully saturated rings. The molecular formula is C28H29AlClN3O3-. The summed E-state index contributed by atoms with van der Waals surface area (Å²) >= 11 is 5.57. The van der Waals surface area contributed by atoms with Crippen LogP contribution in [0.3, 0.4) is 0 Å². The standard InChI is InChI=1S/C28H30ClN3O3.Al/c1-5-9-20-23(27(35)32(30-20)17-10-7-6-8-11-17)24-25(33)18(26(24)34)15-22-28(2,3)19-14-16(29)12-13-21(19)31(22)4;/h6-8,10-15,18,24-26,35H,5,9H2,1-4H3;/q-2;+2/p-1. The SMILES string of the molecule is CCCc1nn(-c2ccccc2)c2c1C1C([O-])C(C=C3N(C)c4ccc(Cl)cc4C3(C)C)C1[O][Al][O]2. The smallest absolute Gasteiger partial charge is 0.775 e. The lowest BCUT2D eigenvalue weighted by Crippen LogP contribution is -2.60. The van der Waals surface area contributed by atoms with Gasteiger partial charge in [0.1, 0.15) is 0 Å². The van der Waals surface area contributed by atoms with E-state index >= 15 is 0 Å². The number of aromatic nitrogens is 2. The third kappa shape index (κ3) is 3.56. The summed E-state index contributed by atoms with van der Waals surface area (Å²) in [5.74, 6) is 0.162. The molecule has 6 rings (SSSR count). The number of aryl methyl sites for hydroxylation is 1. The molecule has 185 valence electrons. The van der Waals surface area contributed by atoms with Gasteiger partial charge in [-0.2, -0.15) is 5.10 Å². The number of halogens is 1. The maximum absolute atomic E-state index is 13.9. The van der Waals surface area contributed by atoms with Crippen molar-refractivity contribution in [2.45, 2.75) is 57.2 Å². The molecule has 4 atom stereocenters. The molecule has 2 aliphatic heterocycles. The van der Waals surface area contributed by atoms with Crippen LogP contribution in [0.4, 0.5) is 5.69 Å². The molecule has 1 saturated carbocycles. The van der Waals surface area contributed by atoms with Gasteiger partial charge in [-0.3, -0.25) is 0 Å². The van der Waals surface area contributed by atoms with Gasteiger partial charge in [-0.05, 0) is 48.2 Å². The minimum Gasteiger partial charge on any atom is -0.851 e. The first-order chi connectivity index (χ1) is 17.3. The molecule has 0 spiro atoms. The topological polar surface area (TPSA) is 62.6 Å². The molecule has 0 N–H and O–H groups in total. The van der Waals surface area contributed by atoms with Crippen LogP contribution in [-0.2, 0) is 15.6 Å². The van der Waals surface area contributed by atoms with E-state index in [0.29, 0.717) is 5.88 Å². The quantitative estimate of drug-likeness (QED) is 0.475. The molecule has 2 aromatic carbocycles. The average molecular weight is 518 g/mol. The molecular weight excluding hydrogens is 489 g/mol. The highest BCUT2D eigenvalue weighted by Crippen LogP contribution is 2.53. The number of fused-ring (bicyclic) bond motifs is 4. The van der Waals surface area contributed by atoms with E-state index < -0.39 is 22.0 Å². The van der Waals surface area contributed by atoms with Gasteiger partial charge in [-0.1, -0.05) is 63.1 Å². The van der Waals surface area contributed by atoms with Gasteiger partial charge < -0.3 is 17.6 Å². The van der Waals surface area contributed by atoms with Crippen molar-refractivity contribution in [3.63, 3.8) is 0 Å². The lowest BCUT2D eigenvalue weighted by Gasteiger charge is -2.55. The van der Waals surface area contributed by atoms with Crippen molar-refractivity contribution < 1.29 is 12.7 Å². The zero-order chi connectivity index (χ0) is 25.2. The molecule has 6 nitrogen and oxygen atoms in total. The van der Waals surface area contributed by atoms with Crippen molar-refractivity contribution in [2.24, 2.45) is 5.92 Å². The second-order valence-corrected chi connectivity index (χ2v) is 11.6. The van der Waals surface area contributed by atoms with Crippen LogP contribution in [0.15, 0.2) is 60.3 Å². The van der Waals surface area contributed by atoms with Crippen molar-refractivity contribution >= 4 is 33.2 Å². The highest BCUT2D eigenvalue weighted by molar-refractivity contribution is 6.30. The number of hydrogen-bond acceptors (Lipinski definition) is 5. The van der Waals surface area contributed by atoms with Gasteiger partial charge >= 0.3 is 15.9 Å². The van der Waals surface area contributed by atoms with Crippen molar-refractivity contribution in [1.29, 1.82) is 0 Å². The number of rotatable bonds is 4. The van der Waals surface area contributed by atoms with Gasteiger partial charge in [0.2, 0.25) is 0 Å². The Kier molecular flexibility index (Phi) is 5.98. The van der Waals surface area contributed by atoms with E-state index in [4.69, 9.17) is 24.3 Å². The lowest BCUT2D eigenvalue weighted by molar-refractivity contribution is -0.466. The van der Waals surface area contributed by atoms with Crippen LogP contribution in [-0.4, -0.2) is 44.9 Å². The van der Waals surface area contributed by atoms with Crippen molar-refractivity contribution in [2.75, 3.05) is 11.9 Å². The summed E-state index contributed by atoms with van der Waals surface area (Å²) < 4.78 is 14.4. The van der Waals surface area contributed by atoms with Gasteiger partial charge in [0.15, 0.2) is 5.88 Å². The molecule has 3 heterocycles. The second-order valence-electron chi connectivity index (χ2n) is 10.4.